The highest BCUT2D eigenvalue weighted by atomic mass is 79.9. The van der Waals surface area contributed by atoms with Crippen LogP contribution in [0.5, 0.6) is 0 Å². The Kier molecular flexibility index (Phi) is 4.35. The normalized spacial score (nSPS) is 11.6. The van der Waals surface area contributed by atoms with Crippen molar-refractivity contribution in [2.45, 2.75) is 0 Å². The molecule has 12 heavy (non-hydrogen) atoms. The van der Waals surface area contributed by atoms with Crippen molar-refractivity contribution in [1.82, 2.24) is 0 Å². The zero-order valence-electron chi connectivity index (χ0n) is 6.46. The van der Waals surface area contributed by atoms with Gasteiger partial charge in [-0.2, -0.15) is 0 Å². The first-order valence-corrected chi connectivity index (χ1v) is 3.59. The standard InChI is InChI=1S/C6H7BrO5/c1-11-5(9)3(7)4(8)6(10)12-2/h8H,1-2H3/b4-3+. The van der Waals surface area contributed by atoms with E-state index in [1.165, 1.54) is 0 Å². The maximum absolute atomic E-state index is 10.7. The Morgan fingerprint density at radius 1 is 1.17 bits per heavy atom. The molecule has 0 radical (unpaired) electrons. The molecule has 6 heteroatoms. The molecule has 0 aliphatic heterocycles. The van der Waals surface area contributed by atoms with E-state index >= 15 is 0 Å². The SMILES string of the molecule is COC(=O)/C(O)=C(\Br)C(=O)OC. The molecule has 0 heterocycles. The number of hydrogen-bond acceptors (Lipinski definition) is 5. The number of methoxy groups -OCH3 is 2. The number of aliphatic hydroxyl groups is 1. The fourth-order valence-corrected chi connectivity index (χ4v) is 0.696. The van der Waals surface area contributed by atoms with Gasteiger partial charge < -0.3 is 14.6 Å². The minimum absolute atomic E-state index is 0.364. The van der Waals surface area contributed by atoms with Gasteiger partial charge >= 0.3 is 11.9 Å². The van der Waals surface area contributed by atoms with Crippen molar-refractivity contribution < 1.29 is 24.2 Å². The minimum atomic E-state index is -1.01. The zero-order chi connectivity index (χ0) is 9.72. The second kappa shape index (κ2) is 4.76. The van der Waals surface area contributed by atoms with Gasteiger partial charge in [-0.3, -0.25) is 0 Å². The number of hydrogen-bond donors (Lipinski definition) is 1. The summed E-state index contributed by atoms with van der Waals surface area (Å²) >= 11 is 2.66. The molecule has 0 bridgehead atoms. The second-order valence-corrected chi connectivity index (χ2v) is 2.44. The summed E-state index contributed by atoms with van der Waals surface area (Å²) in [4.78, 5) is 21.3. The highest BCUT2D eigenvalue weighted by Crippen LogP contribution is 2.12. The Bertz CT molecular complexity index is 208. The quantitative estimate of drug-likeness (QED) is 0.431. The van der Waals surface area contributed by atoms with Gasteiger partial charge in [-0.1, -0.05) is 0 Å². The van der Waals surface area contributed by atoms with Crippen LogP contribution in [0.2, 0.25) is 0 Å². The Labute approximate surface area is 77.1 Å². The topological polar surface area (TPSA) is 72.8 Å². The van der Waals surface area contributed by atoms with Crippen molar-refractivity contribution in [3.05, 3.63) is 10.2 Å². The highest BCUT2D eigenvalue weighted by Gasteiger charge is 2.18. The van der Waals surface area contributed by atoms with Crippen LogP contribution in [0.3, 0.4) is 0 Å². The highest BCUT2D eigenvalue weighted by molar-refractivity contribution is 9.12. The van der Waals surface area contributed by atoms with E-state index in [9.17, 15) is 9.59 Å². The molecular weight excluding hydrogens is 232 g/mol. The van der Waals surface area contributed by atoms with Crippen LogP contribution in [0.1, 0.15) is 0 Å². The summed E-state index contributed by atoms with van der Waals surface area (Å²) in [6, 6.07) is 0. The fraction of sp³-hybridized carbons (Fsp3) is 0.333. The van der Waals surface area contributed by atoms with Gasteiger partial charge in [-0.05, 0) is 15.9 Å². The molecule has 0 spiro atoms. The van der Waals surface area contributed by atoms with Crippen molar-refractivity contribution in [2.75, 3.05) is 14.2 Å². The largest absolute Gasteiger partial charge is 0.501 e. The van der Waals surface area contributed by atoms with Crippen molar-refractivity contribution in [3.8, 4) is 0 Å². The van der Waals surface area contributed by atoms with Gasteiger partial charge in [-0.15, -0.1) is 0 Å². The third-order valence-corrected chi connectivity index (χ3v) is 1.65. The average molecular weight is 239 g/mol. The van der Waals surface area contributed by atoms with E-state index in [2.05, 4.69) is 25.4 Å². The smallest absolute Gasteiger partial charge is 0.374 e. The molecule has 0 amide bonds. The molecule has 1 N–H and O–H groups in total. The van der Waals surface area contributed by atoms with E-state index < -0.39 is 17.7 Å². The van der Waals surface area contributed by atoms with Crippen molar-refractivity contribution >= 4 is 27.9 Å². The van der Waals surface area contributed by atoms with Crippen molar-refractivity contribution in [1.29, 1.82) is 0 Å². The second-order valence-electron chi connectivity index (χ2n) is 1.65. The molecule has 0 aromatic heterocycles. The van der Waals surface area contributed by atoms with Crippen LogP contribution in [0.25, 0.3) is 0 Å². The number of esters is 2. The molecule has 0 atom stereocenters. The Hall–Kier alpha value is -1.04. The van der Waals surface area contributed by atoms with Gasteiger partial charge in [0.15, 0.2) is 4.48 Å². The summed E-state index contributed by atoms with van der Waals surface area (Å²) in [7, 11) is 2.20. The molecule has 0 unspecified atom stereocenters. The molecule has 68 valence electrons. The van der Waals surface area contributed by atoms with Crippen LogP contribution in [0, 0.1) is 0 Å². The molecule has 0 aliphatic carbocycles. The van der Waals surface area contributed by atoms with Gasteiger partial charge in [0.2, 0.25) is 5.76 Å². The van der Waals surface area contributed by atoms with Gasteiger partial charge in [0.05, 0.1) is 14.2 Å². The molecule has 0 fully saturated rings. The maximum Gasteiger partial charge on any atom is 0.374 e. The van der Waals surface area contributed by atoms with Crippen molar-refractivity contribution in [2.24, 2.45) is 0 Å². The Morgan fingerprint density at radius 3 is 1.92 bits per heavy atom. The molecule has 5 nitrogen and oxygen atoms in total. The Morgan fingerprint density at radius 2 is 1.58 bits per heavy atom. The number of ether oxygens (including phenoxy) is 2. The first kappa shape index (κ1) is 11.0. The maximum atomic E-state index is 10.7. The van der Waals surface area contributed by atoms with Gasteiger partial charge in [0.25, 0.3) is 0 Å². The van der Waals surface area contributed by atoms with E-state index in [4.69, 9.17) is 5.11 Å². The lowest BCUT2D eigenvalue weighted by Crippen LogP contribution is -2.10. The Balaban J connectivity index is 4.68. The summed E-state index contributed by atoms with van der Waals surface area (Å²) in [5.74, 6) is -2.67. The molecule has 0 rings (SSSR count). The lowest BCUT2D eigenvalue weighted by Gasteiger charge is -2.00. The van der Waals surface area contributed by atoms with Gasteiger partial charge in [-0.25, -0.2) is 9.59 Å². The first-order chi connectivity index (χ1) is 5.54. The predicted octanol–water partition coefficient (Wildman–Crippen LogP) is 0.497. The third-order valence-electron chi connectivity index (χ3n) is 0.951. The average Bonchev–Trinajstić information content (AvgIpc) is 2.12. The third kappa shape index (κ3) is 2.54. The van der Waals surface area contributed by atoms with E-state index in [0.717, 1.165) is 14.2 Å². The summed E-state index contributed by atoms with van der Waals surface area (Å²) in [6.07, 6.45) is 0. The predicted molar refractivity (Wildman–Crippen MR) is 42.6 cm³/mol. The van der Waals surface area contributed by atoms with E-state index in [0.29, 0.717) is 0 Å². The first-order valence-electron chi connectivity index (χ1n) is 2.80. The van der Waals surface area contributed by atoms with E-state index in [1.54, 1.807) is 0 Å². The zero-order valence-corrected chi connectivity index (χ0v) is 8.04. The lowest BCUT2D eigenvalue weighted by atomic mass is 10.4. The number of aliphatic hydroxyl groups excluding tert-OH is 1. The van der Waals surface area contributed by atoms with E-state index in [-0.39, 0.29) is 4.48 Å². The number of halogens is 1. The minimum Gasteiger partial charge on any atom is -0.501 e. The number of rotatable bonds is 2. The van der Waals surface area contributed by atoms with Crippen LogP contribution >= 0.6 is 15.9 Å². The van der Waals surface area contributed by atoms with Crippen LogP contribution < -0.4 is 0 Å². The summed E-state index contributed by atoms with van der Waals surface area (Å²) in [5.41, 5.74) is 0. The van der Waals surface area contributed by atoms with Crippen LogP contribution in [-0.2, 0) is 19.1 Å². The van der Waals surface area contributed by atoms with Crippen LogP contribution in [0.4, 0.5) is 0 Å². The molecule has 0 saturated carbocycles. The summed E-state index contributed by atoms with van der Waals surface area (Å²) in [6.45, 7) is 0. The number of carbonyl (C=O) groups excluding carboxylic acids is 2. The van der Waals surface area contributed by atoms with Crippen molar-refractivity contribution in [3.63, 3.8) is 0 Å². The lowest BCUT2D eigenvalue weighted by molar-refractivity contribution is -0.141. The molecule has 0 aromatic rings. The van der Waals surface area contributed by atoms with Gasteiger partial charge in [0, 0.05) is 0 Å². The fourth-order valence-electron chi connectivity index (χ4n) is 0.373. The number of carbonyl (C=O) groups is 2. The molecule has 0 aliphatic rings. The van der Waals surface area contributed by atoms with Crippen LogP contribution in [-0.4, -0.2) is 31.3 Å². The molecule has 0 saturated heterocycles. The van der Waals surface area contributed by atoms with Gasteiger partial charge in [0.1, 0.15) is 0 Å². The monoisotopic (exact) mass is 238 g/mol. The summed E-state index contributed by atoms with van der Waals surface area (Å²) < 4.78 is 8.00. The summed E-state index contributed by atoms with van der Waals surface area (Å²) in [5, 5.41) is 8.95. The molecule has 0 aromatic carbocycles. The van der Waals surface area contributed by atoms with Crippen LogP contribution in [0.15, 0.2) is 10.2 Å². The van der Waals surface area contributed by atoms with E-state index in [1.807, 2.05) is 0 Å². The molecular formula is C6H7BrO5.